The van der Waals surface area contributed by atoms with Crippen LogP contribution in [0.15, 0.2) is 96.7 Å². The van der Waals surface area contributed by atoms with Crippen LogP contribution in [-0.4, -0.2) is 100 Å². The molecule has 308 valence electrons. The molecule has 58 heavy (non-hydrogen) atoms. The van der Waals surface area contributed by atoms with Gasteiger partial charge in [-0.05, 0) is 75.3 Å². The predicted octanol–water partition coefficient (Wildman–Crippen LogP) is 5.55. The maximum Gasteiger partial charge on any atom is 0.251 e. The number of aromatic nitrogens is 2. The van der Waals surface area contributed by atoms with Crippen LogP contribution in [0.5, 0.6) is 0 Å². The number of nitrogens with zero attached hydrogens (tertiary/aromatic N) is 5. The third kappa shape index (κ3) is 11.1. The van der Waals surface area contributed by atoms with Gasteiger partial charge < -0.3 is 36.6 Å². The normalized spacial score (nSPS) is 18.9. The van der Waals surface area contributed by atoms with E-state index in [1.807, 2.05) is 67.3 Å². The summed E-state index contributed by atoms with van der Waals surface area (Å²) in [5.74, 6) is 0.895. The van der Waals surface area contributed by atoms with Gasteiger partial charge in [-0.2, -0.15) is 0 Å². The van der Waals surface area contributed by atoms with Crippen LogP contribution in [0.4, 0.5) is 5.82 Å². The lowest BCUT2D eigenvalue weighted by Gasteiger charge is -2.35. The number of carbonyl (C=O) groups is 2. The second-order valence-corrected chi connectivity index (χ2v) is 16.0. The van der Waals surface area contributed by atoms with Crippen molar-refractivity contribution in [3.63, 3.8) is 0 Å². The first kappa shape index (κ1) is 42.5. The number of likely N-dealkylation sites (tertiary alicyclic amines) is 1. The number of carbonyl (C=O) groups excluding carboxylic acids is 2. The fourth-order valence-corrected chi connectivity index (χ4v) is 8.20. The van der Waals surface area contributed by atoms with Crippen molar-refractivity contribution < 1.29 is 14.7 Å². The van der Waals surface area contributed by atoms with Crippen molar-refractivity contribution in [1.82, 2.24) is 25.1 Å². The number of hydrogen-bond donors (Lipinski definition) is 4. The molecule has 6 rings (SSSR count). The molecular formula is C47H62N8O3. The van der Waals surface area contributed by atoms with Gasteiger partial charge in [-0.1, -0.05) is 105 Å². The van der Waals surface area contributed by atoms with Crippen LogP contribution in [0.1, 0.15) is 81.8 Å². The molecule has 2 fully saturated rings. The molecule has 6 N–H and O–H groups in total. The molecule has 2 saturated heterocycles. The number of aliphatic hydroxyl groups is 1. The van der Waals surface area contributed by atoms with Gasteiger partial charge in [0.05, 0.1) is 5.69 Å². The lowest BCUT2D eigenvalue weighted by Crippen LogP contribution is -2.51. The van der Waals surface area contributed by atoms with Crippen molar-refractivity contribution in [3.8, 4) is 11.3 Å². The standard InChI is InChI=1S/C47H62N8O3/c1-4-53-25-27-54(28-26-53)42-32-40(50-45(52-42)43(34(3)48)37-21-13-9-14-22-37)38-23-16-20-35(30-38)17-10-6-5-7-15-24-55-33(2)29-41(47(55)58)51-46(57)44(56)39(49)31-36-18-11-8-12-19-36/h8-9,11-14,16,18-23,30,32-33,39,41,44,56H,4-7,10,15,17,24-29,31,48-49H2,1-3H3,(H,51,57). The topological polar surface area (TPSA) is 154 Å². The van der Waals surface area contributed by atoms with Crippen LogP contribution in [-0.2, 0) is 22.4 Å². The smallest absolute Gasteiger partial charge is 0.251 e. The molecule has 1 aromatic heterocycles. The molecule has 11 nitrogen and oxygen atoms in total. The number of anilines is 1. The monoisotopic (exact) mass is 786 g/mol. The second-order valence-electron chi connectivity index (χ2n) is 16.0. The maximum atomic E-state index is 13.2. The average Bonchev–Trinajstić information content (AvgIpc) is 3.50. The molecule has 3 heterocycles. The predicted molar refractivity (Wildman–Crippen MR) is 233 cm³/mol. The Morgan fingerprint density at radius 2 is 1.55 bits per heavy atom. The SMILES string of the molecule is CCN1CCN(c2cc(-c3cccc(CCCCCCCN4C(=O)C(NC(=O)C(O)C(N)Cc5ccccc5)CC4C)c3)nc(C(=C(C)N)c3ccccc3)n2)CC1. The average molecular weight is 787 g/mol. The minimum atomic E-state index is -1.39. The molecule has 4 aromatic rings. The molecule has 0 spiro atoms. The summed E-state index contributed by atoms with van der Waals surface area (Å²) in [6, 6.07) is 29.2. The number of allylic oxidation sites excluding steroid dienone is 1. The highest BCUT2D eigenvalue weighted by atomic mass is 16.3. The highest BCUT2D eigenvalue weighted by molar-refractivity contribution is 5.91. The fourth-order valence-electron chi connectivity index (χ4n) is 8.20. The van der Waals surface area contributed by atoms with Gasteiger partial charge in [-0.3, -0.25) is 9.59 Å². The number of nitrogens with one attached hydrogen (secondary N) is 1. The van der Waals surface area contributed by atoms with E-state index in [-0.39, 0.29) is 11.9 Å². The van der Waals surface area contributed by atoms with Gasteiger partial charge in [0.25, 0.3) is 5.91 Å². The van der Waals surface area contributed by atoms with Crippen molar-refractivity contribution in [2.75, 3.05) is 44.2 Å². The van der Waals surface area contributed by atoms with E-state index in [0.717, 1.165) is 105 Å². The Balaban J connectivity index is 0.996. The lowest BCUT2D eigenvalue weighted by molar-refractivity contribution is -0.136. The Hall–Kier alpha value is -5.10. The van der Waals surface area contributed by atoms with Gasteiger partial charge in [0.15, 0.2) is 5.82 Å². The van der Waals surface area contributed by atoms with Crippen LogP contribution >= 0.6 is 0 Å². The third-order valence-corrected chi connectivity index (χ3v) is 11.6. The van der Waals surface area contributed by atoms with Crippen LogP contribution in [0.25, 0.3) is 16.8 Å². The first-order chi connectivity index (χ1) is 28.1. The van der Waals surface area contributed by atoms with Crippen LogP contribution in [0.3, 0.4) is 0 Å². The molecule has 4 atom stereocenters. The van der Waals surface area contributed by atoms with E-state index in [9.17, 15) is 14.7 Å². The number of piperazine rings is 1. The summed E-state index contributed by atoms with van der Waals surface area (Å²) in [5.41, 5.74) is 19.4. The van der Waals surface area contributed by atoms with Crippen molar-refractivity contribution in [2.45, 2.75) is 96.4 Å². The van der Waals surface area contributed by atoms with E-state index in [4.69, 9.17) is 21.4 Å². The van der Waals surface area contributed by atoms with Gasteiger partial charge in [-0.15, -0.1) is 0 Å². The van der Waals surface area contributed by atoms with Crippen LogP contribution in [0, 0.1) is 0 Å². The number of benzene rings is 3. The fraction of sp³-hybridized carbons (Fsp3) is 0.447. The number of aryl methyl sites for hydroxylation is 1. The highest BCUT2D eigenvalue weighted by Gasteiger charge is 2.39. The third-order valence-electron chi connectivity index (χ3n) is 11.6. The summed E-state index contributed by atoms with van der Waals surface area (Å²) in [7, 11) is 0. The number of rotatable bonds is 18. The largest absolute Gasteiger partial charge is 0.402 e. The Labute approximate surface area is 344 Å². The van der Waals surface area contributed by atoms with Gasteiger partial charge in [0, 0.05) is 67.7 Å². The number of likely N-dealkylation sites (N-methyl/N-ethyl adjacent to an activating group) is 1. The van der Waals surface area contributed by atoms with E-state index in [1.54, 1.807) is 0 Å². The minimum Gasteiger partial charge on any atom is -0.402 e. The summed E-state index contributed by atoms with van der Waals surface area (Å²) in [5, 5.41) is 13.3. The van der Waals surface area contributed by atoms with E-state index >= 15 is 0 Å². The Bertz CT molecular complexity index is 1980. The summed E-state index contributed by atoms with van der Waals surface area (Å²) < 4.78 is 0. The molecule has 0 bridgehead atoms. The summed E-state index contributed by atoms with van der Waals surface area (Å²) in [6.07, 6.45) is 5.66. The highest BCUT2D eigenvalue weighted by Crippen LogP contribution is 2.30. The van der Waals surface area contributed by atoms with Gasteiger partial charge >= 0.3 is 0 Å². The number of nitrogens with two attached hydrogens (primary N) is 2. The molecule has 0 radical (unpaired) electrons. The Morgan fingerprint density at radius 3 is 2.26 bits per heavy atom. The van der Waals surface area contributed by atoms with Crippen molar-refractivity contribution in [1.29, 1.82) is 0 Å². The van der Waals surface area contributed by atoms with Gasteiger partial charge in [0.1, 0.15) is 18.0 Å². The molecule has 4 unspecified atom stereocenters. The zero-order valence-corrected chi connectivity index (χ0v) is 34.5. The number of amides is 2. The van der Waals surface area contributed by atoms with Gasteiger partial charge in [-0.25, -0.2) is 9.97 Å². The quantitative estimate of drug-likeness (QED) is 0.0951. The maximum absolute atomic E-state index is 13.2. The molecule has 2 aliphatic rings. The minimum absolute atomic E-state index is 0.0220. The van der Waals surface area contributed by atoms with Crippen molar-refractivity contribution in [2.24, 2.45) is 11.5 Å². The Morgan fingerprint density at radius 1 is 0.879 bits per heavy atom. The Kier molecular flexibility index (Phi) is 15.1. The van der Waals surface area contributed by atoms with E-state index in [1.165, 1.54) is 5.56 Å². The van der Waals surface area contributed by atoms with Crippen molar-refractivity contribution in [3.05, 3.63) is 119 Å². The summed E-state index contributed by atoms with van der Waals surface area (Å²) in [4.78, 5) is 43.0. The molecular weight excluding hydrogens is 725 g/mol. The molecule has 2 amide bonds. The number of aliphatic hydroxyl groups excluding tert-OH is 1. The summed E-state index contributed by atoms with van der Waals surface area (Å²) >= 11 is 0. The van der Waals surface area contributed by atoms with Crippen LogP contribution in [0.2, 0.25) is 0 Å². The van der Waals surface area contributed by atoms with Crippen LogP contribution < -0.4 is 21.7 Å². The van der Waals surface area contributed by atoms with Gasteiger partial charge in [0.2, 0.25) is 5.91 Å². The molecule has 3 aromatic carbocycles. The number of unbranched alkanes of at least 4 members (excludes halogenated alkanes) is 4. The first-order valence-corrected chi connectivity index (χ1v) is 21.2. The molecule has 0 saturated carbocycles. The molecule has 2 aliphatic heterocycles. The van der Waals surface area contributed by atoms with Crippen molar-refractivity contribution >= 4 is 23.2 Å². The zero-order chi connectivity index (χ0) is 41.0. The molecule has 11 heteroatoms. The van der Waals surface area contributed by atoms with E-state index in [2.05, 4.69) is 64.5 Å². The second kappa shape index (κ2) is 20.5. The first-order valence-electron chi connectivity index (χ1n) is 21.2. The number of hydrogen-bond acceptors (Lipinski definition) is 9. The summed E-state index contributed by atoms with van der Waals surface area (Å²) in [6.45, 7) is 11.7. The van der Waals surface area contributed by atoms with E-state index in [0.29, 0.717) is 30.9 Å². The zero-order valence-electron chi connectivity index (χ0n) is 34.5. The van der Waals surface area contributed by atoms with E-state index < -0.39 is 24.1 Å². The molecule has 0 aliphatic carbocycles. The lowest BCUT2D eigenvalue weighted by atomic mass is 10.0.